The predicted molar refractivity (Wildman–Crippen MR) is 119 cm³/mol. The van der Waals surface area contributed by atoms with Gasteiger partial charge >= 0.3 is 0 Å². The third kappa shape index (κ3) is 3.98. The van der Waals surface area contributed by atoms with Gasteiger partial charge in [-0.1, -0.05) is 41.9 Å². The highest BCUT2D eigenvalue weighted by atomic mass is 35.5. The van der Waals surface area contributed by atoms with Gasteiger partial charge in [0.25, 0.3) is 5.91 Å². The first kappa shape index (κ1) is 21.5. The fourth-order valence-corrected chi connectivity index (χ4v) is 5.77. The van der Waals surface area contributed by atoms with E-state index in [-0.39, 0.29) is 28.9 Å². The Morgan fingerprint density at radius 2 is 1.55 bits per heavy atom. The molecule has 2 aromatic carbocycles. The molecule has 1 aromatic heterocycles. The molecule has 0 bridgehead atoms. The number of hydrogen-bond donors (Lipinski definition) is 0. The lowest BCUT2D eigenvalue weighted by molar-refractivity contribution is 0.0696. The van der Waals surface area contributed by atoms with Gasteiger partial charge in [0.05, 0.1) is 27.7 Å². The van der Waals surface area contributed by atoms with Gasteiger partial charge < -0.3 is 4.90 Å². The van der Waals surface area contributed by atoms with Crippen molar-refractivity contribution < 1.29 is 13.2 Å². The van der Waals surface area contributed by atoms with E-state index in [1.165, 1.54) is 10.4 Å². The molecule has 1 aliphatic heterocycles. The van der Waals surface area contributed by atoms with E-state index in [1.807, 2.05) is 44.2 Å². The van der Waals surface area contributed by atoms with E-state index >= 15 is 0 Å². The molecule has 2 heterocycles. The van der Waals surface area contributed by atoms with E-state index in [4.69, 9.17) is 11.6 Å². The van der Waals surface area contributed by atoms with Crippen LogP contribution in [0, 0.1) is 13.8 Å². The zero-order chi connectivity index (χ0) is 22.2. The summed E-state index contributed by atoms with van der Waals surface area (Å²) in [6.07, 6.45) is 0. The smallest absolute Gasteiger partial charge is 0.257 e. The van der Waals surface area contributed by atoms with Gasteiger partial charge in [-0.05, 0) is 38.1 Å². The first-order chi connectivity index (χ1) is 14.8. The van der Waals surface area contributed by atoms with Crippen LogP contribution in [0.2, 0.25) is 5.02 Å². The van der Waals surface area contributed by atoms with Crippen LogP contribution in [0.5, 0.6) is 0 Å². The maximum atomic E-state index is 13.3. The third-order valence-electron chi connectivity index (χ3n) is 5.49. The fourth-order valence-electron chi connectivity index (χ4n) is 3.86. The molecule has 4 rings (SSSR count). The number of sulfonamides is 1. The third-order valence-corrected chi connectivity index (χ3v) is 7.88. The quantitative estimate of drug-likeness (QED) is 0.601. The summed E-state index contributed by atoms with van der Waals surface area (Å²) in [5.74, 6) is -0.132. The number of benzene rings is 2. The predicted octanol–water partition coefficient (Wildman–Crippen LogP) is 3.29. The largest absolute Gasteiger partial charge is 0.336 e. The topological polar surface area (TPSA) is 75.5 Å². The molecule has 0 N–H and O–H groups in total. The second-order valence-corrected chi connectivity index (χ2v) is 9.73. The Hall–Kier alpha value is -2.68. The van der Waals surface area contributed by atoms with Crippen LogP contribution in [0.15, 0.2) is 59.5 Å². The van der Waals surface area contributed by atoms with Crippen molar-refractivity contribution >= 4 is 27.5 Å². The van der Waals surface area contributed by atoms with E-state index in [9.17, 15) is 13.2 Å². The van der Waals surface area contributed by atoms with Crippen LogP contribution in [0.4, 0.5) is 0 Å². The zero-order valence-corrected chi connectivity index (χ0v) is 18.9. The number of halogens is 1. The number of rotatable bonds is 4. The number of amides is 1. The number of carbonyl (C=O) groups excluding carboxylic acids is 1. The van der Waals surface area contributed by atoms with Gasteiger partial charge in [-0.25, -0.2) is 13.1 Å². The highest BCUT2D eigenvalue weighted by Crippen LogP contribution is 2.26. The molecule has 9 heteroatoms. The fraction of sp³-hybridized carbons (Fsp3) is 0.273. The summed E-state index contributed by atoms with van der Waals surface area (Å²) in [5, 5.41) is 4.74. The van der Waals surface area contributed by atoms with Gasteiger partial charge in [0.1, 0.15) is 4.90 Å². The second kappa shape index (κ2) is 8.45. The molecule has 0 radical (unpaired) electrons. The van der Waals surface area contributed by atoms with Gasteiger partial charge in [0.2, 0.25) is 10.0 Å². The van der Waals surface area contributed by atoms with Gasteiger partial charge in [0, 0.05) is 26.2 Å². The summed E-state index contributed by atoms with van der Waals surface area (Å²) in [6, 6.07) is 16.0. The van der Waals surface area contributed by atoms with E-state index in [2.05, 4.69) is 5.10 Å². The van der Waals surface area contributed by atoms with Crippen LogP contribution in [-0.2, 0) is 10.0 Å². The molecule has 31 heavy (non-hydrogen) atoms. The lowest BCUT2D eigenvalue weighted by Gasteiger charge is -2.34. The summed E-state index contributed by atoms with van der Waals surface area (Å²) >= 11 is 6.10. The number of para-hydroxylation sites is 1. The van der Waals surface area contributed by atoms with Crippen molar-refractivity contribution in [3.63, 3.8) is 0 Å². The van der Waals surface area contributed by atoms with E-state index in [1.54, 1.807) is 27.8 Å². The van der Waals surface area contributed by atoms with Crippen LogP contribution in [0.25, 0.3) is 5.69 Å². The highest BCUT2D eigenvalue weighted by Gasteiger charge is 2.33. The highest BCUT2D eigenvalue weighted by molar-refractivity contribution is 7.89. The number of piperazine rings is 1. The maximum absolute atomic E-state index is 13.3. The molecule has 0 unspecified atom stereocenters. The molecule has 0 spiro atoms. The van der Waals surface area contributed by atoms with Crippen molar-refractivity contribution in [1.29, 1.82) is 0 Å². The number of hydrogen-bond acceptors (Lipinski definition) is 4. The molecule has 1 aliphatic rings. The lowest BCUT2D eigenvalue weighted by atomic mass is 10.1. The summed E-state index contributed by atoms with van der Waals surface area (Å²) < 4.78 is 29.0. The molecule has 3 aromatic rings. The van der Waals surface area contributed by atoms with Gasteiger partial charge in [-0.15, -0.1) is 0 Å². The molecule has 1 saturated heterocycles. The van der Waals surface area contributed by atoms with Crippen LogP contribution >= 0.6 is 11.6 Å². The zero-order valence-electron chi connectivity index (χ0n) is 17.3. The van der Waals surface area contributed by atoms with Crippen molar-refractivity contribution in [2.75, 3.05) is 26.2 Å². The minimum Gasteiger partial charge on any atom is -0.336 e. The normalized spacial score (nSPS) is 15.3. The minimum atomic E-state index is -3.71. The molecule has 1 fully saturated rings. The monoisotopic (exact) mass is 458 g/mol. The summed E-state index contributed by atoms with van der Waals surface area (Å²) in [4.78, 5) is 15.0. The molecule has 162 valence electrons. The number of carbonyl (C=O) groups is 1. The van der Waals surface area contributed by atoms with Crippen LogP contribution in [0.1, 0.15) is 21.7 Å². The molecule has 0 aliphatic carbocycles. The molecule has 0 saturated carbocycles. The van der Waals surface area contributed by atoms with E-state index < -0.39 is 10.0 Å². The Morgan fingerprint density at radius 1 is 0.935 bits per heavy atom. The van der Waals surface area contributed by atoms with Crippen molar-refractivity contribution in [1.82, 2.24) is 19.0 Å². The second-order valence-electron chi connectivity index (χ2n) is 7.42. The van der Waals surface area contributed by atoms with Crippen LogP contribution in [0.3, 0.4) is 0 Å². The van der Waals surface area contributed by atoms with Crippen molar-refractivity contribution in [3.8, 4) is 5.69 Å². The Kier molecular flexibility index (Phi) is 5.88. The minimum absolute atomic E-state index is 0.0901. The van der Waals surface area contributed by atoms with Crippen molar-refractivity contribution in [2.24, 2.45) is 0 Å². The Bertz CT molecular complexity index is 1220. The number of aromatic nitrogens is 2. The number of aryl methyl sites for hydroxylation is 1. The molecular weight excluding hydrogens is 436 g/mol. The lowest BCUT2D eigenvalue weighted by Crippen LogP contribution is -2.50. The summed E-state index contributed by atoms with van der Waals surface area (Å²) in [5.41, 5.74) is 2.86. The molecular formula is C22H23ClN4O3S. The average Bonchev–Trinajstić information content (AvgIpc) is 3.08. The summed E-state index contributed by atoms with van der Waals surface area (Å²) in [6.45, 7) is 4.72. The Morgan fingerprint density at radius 3 is 2.19 bits per heavy atom. The van der Waals surface area contributed by atoms with Crippen molar-refractivity contribution in [2.45, 2.75) is 18.7 Å². The maximum Gasteiger partial charge on any atom is 0.257 e. The van der Waals surface area contributed by atoms with Crippen molar-refractivity contribution in [3.05, 3.63) is 76.6 Å². The molecule has 0 atom stereocenters. The average molecular weight is 459 g/mol. The number of nitrogens with zero attached hydrogens (tertiary/aromatic N) is 4. The Balaban J connectivity index is 1.52. The first-order valence-electron chi connectivity index (χ1n) is 9.96. The molecule has 7 nitrogen and oxygen atoms in total. The van der Waals surface area contributed by atoms with Gasteiger partial charge in [-0.2, -0.15) is 9.40 Å². The Labute approximate surface area is 186 Å². The standard InChI is InChI=1S/C22H23ClN4O3S/c1-16-21(17(2)27(24-16)18-8-4-3-5-9-18)22(28)25-12-14-26(15-13-25)31(29,30)20-11-7-6-10-19(20)23/h3-11H,12-15H2,1-2H3. The first-order valence-corrected chi connectivity index (χ1v) is 11.8. The van der Waals surface area contributed by atoms with E-state index in [0.717, 1.165) is 11.4 Å². The summed E-state index contributed by atoms with van der Waals surface area (Å²) in [7, 11) is -3.71. The van der Waals surface area contributed by atoms with Crippen LogP contribution in [-0.4, -0.2) is 59.5 Å². The SMILES string of the molecule is Cc1nn(-c2ccccc2)c(C)c1C(=O)N1CCN(S(=O)(=O)c2ccccc2Cl)CC1. The molecule has 1 amide bonds. The van der Waals surface area contributed by atoms with Gasteiger partial charge in [-0.3, -0.25) is 4.79 Å². The van der Waals surface area contributed by atoms with Gasteiger partial charge in [0.15, 0.2) is 0 Å². The van der Waals surface area contributed by atoms with Crippen LogP contribution < -0.4 is 0 Å². The van der Waals surface area contributed by atoms with E-state index in [0.29, 0.717) is 24.3 Å².